The van der Waals surface area contributed by atoms with Gasteiger partial charge in [-0.2, -0.15) is 0 Å². The molecule has 2 fully saturated rings. The molecule has 4 unspecified atom stereocenters. The van der Waals surface area contributed by atoms with E-state index in [2.05, 4.69) is 12.2 Å². The van der Waals surface area contributed by atoms with E-state index in [4.69, 9.17) is 10.5 Å². The van der Waals surface area contributed by atoms with Gasteiger partial charge in [-0.1, -0.05) is 6.92 Å². The zero-order chi connectivity index (χ0) is 12.3. The number of nitrogens with one attached hydrogen (secondary N) is 1. The second kappa shape index (κ2) is 5.83. The second-order valence-electron chi connectivity index (χ2n) is 5.54. The third-order valence-corrected chi connectivity index (χ3v) is 4.07. The van der Waals surface area contributed by atoms with Crippen molar-refractivity contribution in [2.45, 2.75) is 51.2 Å². The summed E-state index contributed by atoms with van der Waals surface area (Å²) in [6, 6.07) is 0.284. The van der Waals surface area contributed by atoms with E-state index in [-0.39, 0.29) is 24.0 Å². The molecule has 98 valence electrons. The average molecular weight is 240 g/mol. The molecular formula is C13H24N2O2. The molecule has 4 nitrogen and oxygen atoms in total. The highest BCUT2D eigenvalue weighted by Crippen LogP contribution is 2.29. The van der Waals surface area contributed by atoms with Gasteiger partial charge >= 0.3 is 0 Å². The number of rotatable bonds is 3. The van der Waals surface area contributed by atoms with Crippen molar-refractivity contribution in [3.8, 4) is 0 Å². The first kappa shape index (κ1) is 12.8. The first-order chi connectivity index (χ1) is 8.16. The van der Waals surface area contributed by atoms with Crippen molar-refractivity contribution in [1.29, 1.82) is 0 Å². The van der Waals surface area contributed by atoms with Gasteiger partial charge in [0.1, 0.15) is 0 Å². The Labute approximate surface area is 103 Å². The second-order valence-corrected chi connectivity index (χ2v) is 5.54. The summed E-state index contributed by atoms with van der Waals surface area (Å²) < 4.78 is 5.50. The number of carbonyl (C=O) groups is 1. The summed E-state index contributed by atoms with van der Waals surface area (Å²) in [5.74, 6) is 0.749. The highest BCUT2D eigenvalue weighted by Gasteiger charge is 2.31. The van der Waals surface area contributed by atoms with Crippen LogP contribution in [0.3, 0.4) is 0 Å². The minimum Gasteiger partial charge on any atom is -0.376 e. The van der Waals surface area contributed by atoms with Crippen LogP contribution in [0.4, 0.5) is 0 Å². The molecular weight excluding hydrogens is 216 g/mol. The van der Waals surface area contributed by atoms with E-state index < -0.39 is 0 Å². The Balaban J connectivity index is 1.74. The summed E-state index contributed by atoms with van der Waals surface area (Å²) in [5.41, 5.74) is 5.91. The molecule has 3 N–H and O–H groups in total. The van der Waals surface area contributed by atoms with Gasteiger partial charge in [-0.3, -0.25) is 4.79 Å². The Hall–Kier alpha value is -0.610. The zero-order valence-corrected chi connectivity index (χ0v) is 10.7. The quantitative estimate of drug-likeness (QED) is 0.775. The van der Waals surface area contributed by atoms with Crippen molar-refractivity contribution in [3.05, 3.63) is 0 Å². The number of carbonyl (C=O) groups excluding carboxylic acids is 1. The fourth-order valence-electron chi connectivity index (χ4n) is 2.98. The van der Waals surface area contributed by atoms with E-state index >= 15 is 0 Å². The van der Waals surface area contributed by atoms with Crippen molar-refractivity contribution in [3.63, 3.8) is 0 Å². The molecule has 0 radical (unpaired) electrons. The summed E-state index contributed by atoms with van der Waals surface area (Å²) >= 11 is 0. The topological polar surface area (TPSA) is 64.4 Å². The number of ether oxygens (including phenoxy) is 1. The molecule has 1 saturated heterocycles. The van der Waals surface area contributed by atoms with Gasteiger partial charge in [0, 0.05) is 25.1 Å². The zero-order valence-electron chi connectivity index (χ0n) is 10.7. The summed E-state index contributed by atoms with van der Waals surface area (Å²) in [4.78, 5) is 12.1. The molecule has 17 heavy (non-hydrogen) atoms. The molecule has 0 spiro atoms. The molecule has 1 amide bonds. The maximum absolute atomic E-state index is 12.1. The maximum atomic E-state index is 12.1. The van der Waals surface area contributed by atoms with E-state index in [1.54, 1.807) is 0 Å². The molecule has 2 rings (SSSR count). The first-order valence-electron chi connectivity index (χ1n) is 6.81. The van der Waals surface area contributed by atoms with Crippen LogP contribution in [0, 0.1) is 11.8 Å². The van der Waals surface area contributed by atoms with Gasteiger partial charge in [0.2, 0.25) is 5.91 Å². The number of hydrogen-bond acceptors (Lipinski definition) is 3. The van der Waals surface area contributed by atoms with Crippen LogP contribution in [0.5, 0.6) is 0 Å². The highest BCUT2D eigenvalue weighted by molar-refractivity contribution is 5.79. The Bertz CT molecular complexity index is 264. The Kier molecular flexibility index (Phi) is 4.40. The van der Waals surface area contributed by atoms with Crippen LogP contribution >= 0.6 is 0 Å². The van der Waals surface area contributed by atoms with Gasteiger partial charge in [-0.15, -0.1) is 0 Å². The summed E-state index contributed by atoms with van der Waals surface area (Å²) in [5, 5.41) is 3.03. The fourth-order valence-corrected chi connectivity index (χ4v) is 2.98. The van der Waals surface area contributed by atoms with E-state index in [0.717, 1.165) is 38.7 Å². The van der Waals surface area contributed by atoms with Crippen LogP contribution < -0.4 is 11.1 Å². The van der Waals surface area contributed by atoms with Crippen molar-refractivity contribution in [2.75, 3.05) is 13.2 Å². The molecule has 1 saturated carbocycles. The van der Waals surface area contributed by atoms with Crippen LogP contribution in [-0.2, 0) is 9.53 Å². The standard InChI is InChI=1S/C13H24N2O2/c1-9-7-10(14)4-5-12(9)13(16)15-8-11-3-2-6-17-11/h9-12H,2-8,14H2,1H3,(H,15,16). The van der Waals surface area contributed by atoms with Gasteiger partial charge in [0.25, 0.3) is 0 Å². The molecule has 1 aliphatic heterocycles. The van der Waals surface area contributed by atoms with Crippen molar-refractivity contribution in [2.24, 2.45) is 17.6 Å². The van der Waals surface area contributed by atoms with Crippen molar-refractivity contribution in [1.82, 2.24) is 5.32 Å². The normalized spacial score (nSPS) is 38.0. The molecule has 1 heterocycles. The predicted octanol–water partition coefficient (Wildman–Crippen LogP) is 1.05. The van der Waals surface area contributed by atoms with Crippen molar-refractivity contribution >= 4 is 5.91 Å². The minimum atomic E-state index is 0.149. The van der Waals surface area contributed by atoms with E-state index in [9.17, 15) is 4.79 Å². The highest BCUT2D eigenvalue weighted by atomic mass is 16.5. The lowest BCUT2D eigenvalue weighted by Crippen LogP contribution is -2.42. The molecule has 0 aromatic rings. The number of nitrogens with two attached hydrogens (primary N) is 1. The Morgan fingerprint density at radius 1 is 1.41 bits per heavy atom. The lowest BCUT2D eigenvalue weighted by Gasteiger charge is -2.31. The van der Waals surface area contributed by atoms with Gasteiger partial charge in [-0.05, 0) is 38.0 Å². The monoisotopic (exact) mass is 240 g/mol. The predicted molar refractivity (Wildman–Crippen MR) is 66.5 cm³/mol. The number of amides is 1. The average Bonchev–Trinajstić information content (AvgIpc) is 2.78. The van der Waals surface area contributed by atoms with Crippen LogP contribution in [-0.4, -0.2) is 31.2 Å². The van der Waals surface area contributed by atoms with Gasteiger partial charge in [-0.25, -0.2) is 0 Å². The fraction of sp³-hybridized carbons (Fsp3) is 0.923. The maximum Gasteiger partial charge on any atom is 0.223 e. The lowest BCUT2D eigenvalue weighted by atomic mass is 9.78. The molecule has 1 aliphatic carbocycles. The SMILES string of the molecule is CC1CC(N)CCC1C(=O)NCC1CCCO1. The van der Waals surface area contributed by atoms with Crippen molar-refractivity contribution < 1.29 is 9.53 Å². The summed E-state index contributed by atoms with van der Waals surface area (Å²) in [6.07, 6.45) is 5.31. The van der Waals surface area contributed by atoms with Crippen LogP contribution in [0.15, 0.2) is 0 Å². The lowest BCUT2D eigenvalue weighted by molar-refractivity contribution is -0.128. The smallest absolute Gasteiger partial charge is 0.223 e. The van der Waals surface area contributed by atoms with Gasteiger partial charge in [0.15, 0.2) is 0 Å². The summed E-state index contributed by atoms with van der Waals surface area (Å²) in [6.45, 7) is 3.65. The van der Waals surface area contributed by atoms with Gasteiger partial charge in [0.05, 0.1) is 6.10 Å². The Morgan fingerprint density at radius 2 is 2.24 bits per heavy atom. The summed E-state index contributed by atoms with van der Waals surface area (Å²) in [7, 11) is 0. The molecule has 4 heteroatoms. The van der Waals surface area contributed by atoms with Crippen LogP contribution in [0.25, 0.3) is 0 Å². The largest absolute Gasteiger partial charge is 0.376 e. The molecule has 0 aromatic heterocycles. The van der Waals surface area contributed by atoms with Crippen LogP contribution in [0.1, 0.15) is 39.0 Å². The molecule has 0 bridgehead atoms. The molecule has 4 atom stereocenters. The molecule has 2 aliphatic rings. The van der Waals surface area contributed by atoms with Gasteiger partial charge < -0.3 is 15.8 Å². The first-order valence-corrected chi connectivity index (χ1v) is 6.81. The Morgan fingerprint density at radius 3 is 2.88 bits per heavy atom. The number of hydrogen-bond donors (Lipinski definition) is 2. The molecule has 0 aromatic carbocycles. The minimum absolute atomic E-state index is 0.149. The van der Waals surface area contributed by atoms with E-state index in [1.165, 1.54) is 0 Å². The third kappa shape index (κ3) is 3.42. The third-order valence-electron chi connectivity index (χ3n) is 4.07. The van der Waals surface area contributed by atoms with E-state index in [0.29, 0.717) is 12.5 Å². The van der Waals surface area contributed by atoms with E-state index in [1.807, 2.05) is 0 Å². The van der Waals surface area contributed by atoms with Crippen LogP contribution in [0.2, 0.25) is 0 Å².